The van der Waals surface area contributed by atoms with Crippen molar-refractivity contribution in [3.8, 4) is 16.9 Å². The number of halogens is 1. The van der Waals surface area contributed by atoms with E-state index in [1.807, 2.05) is 18.2 Å². The van der Waals surface area contributed by atoms with Gasteiger partial charge in [0, 0.05) is 17.0 Å². The third-order valence-corrected chi connectivity index (χ3v) is 7.04. The number of allylic oxidation sites excluding steroid dienone is 8. The Morgan fingerprint density at radius 2 is 1.62 bits per heavy atom. The highest BCUT2D eigenvalue weighted by Gasteiger charge is 2.37. The molecule has 0 N–H and O–H groups in total. The van der Waals surface area contributed by atoms with E-state index < -0.39 is 0 Å². The molecular weight excluding hydrogens is 412 g/mol. The van der Waals surface area contributed by atoms with Crippen molar-refractivity contribution in [2.75, 3.05) is 0 Å². The van der Waals surface area contributed by atoms with Crippen molar-refractivity contribution in [3.05, 3.63) is 132 Å². The summed E-state index contributed by atoms with van der Waals surface area (Å²) in [6.45, 7) is 0. The van der Waals surface area contributed by atoms with Crippen molar-refractivity contribution < 1.29 is 4.74 Å². The minimum atomic E-state index is -0.0642. The van der Waals surface area contributed by atoms with Gasteiger partial charge in [-0.25, -0.2) is 0 Å². The average molecular weight is 435 g/mol. The Labute approximate surface area is 194 Å². The monoisotopic (exact) mass is 434 g/mol. The maximum Gasteiger partial charge on any atom is 0.138 e. The van der Waals surface area contributed by atoms with Crippen LogP contribution in [0.3, 0.4) is 0 Å². The highest BCUT2D eigenvalue weighted by Crippen LogP contribution is 2.49. The smallest absolute Gasteiger partial charge is 0.138 e. The van der Waals surface area contributed by atoms with Crippen LogP contribution in [0.4, 0.5) is 0 Å². The number of alkyl halides is 1. The standard InChI is InChI=1S/C30H23ClO/c31-27-10-5-11-28-29(27)26-9-4-8-25(30(26)32-28)24-18-16-23(17-19-24)22-14-12-21(13-15-22)20-6-2-1-3-7-20/h1-16,18-19,23,27,29H,17H2. The summed E-state index contributed by atoms with van der Waals surface area (Å²) in [5.41, 5.74) is 7.41. The van der Waals surface area contributed by atoms with Crippen molar-refractivity contribution in [1.82, 2.24) is 0 Å². The molecule has 0 fully saturated rings. The molecule has 3 unspecified atom stereocenters. The highest BCUT2D eigenvalue weighted by molar-refractivity contribution is 6.22. The number of benzene rings is 3. The number of ether oxygens (including phenoxy) is 1. The fourth-order valence-corrected chi connectivity index (χ4v) is 5.27. The minimum Gasteiger partial charge on any atom is -0.460 e. The second-order valence-corrected chi connectivity index (χ2v) is 9.05. The van der Waals surface area contributed by atoms with Gasteiger partial charge in [0.05, 0.1) is 11.3 Å². The van der Waals surface area contributed by atoms with E-state index in [4.69, 9.17) is 16.3 Å². The lowest BCUT2D eigenvalue weighted by molar-refractivity contribution is 0.425. The summed E-state index contributed by atoms with van der Waals surface area (Å²) in [5, 5.41) is -0.0642. The van der Waals surface area contributed by atoms with E-state index in [1.54, 1.807) is 0 Å². The molecular formula is C30H23ClO. The van der Waals surface area contributed by atoms with E-state index in [1.165, 1.54) is 27.8 Å². The Hall–Kier alpha value is -3.29. The summed E-state index contributed by atoms with van der Waals surface area (Å²) in [6, 6.07) is 25.9. The molecule has 3 aromatic rings. The third kappa shape index (κ3) is 3.34. The Morgan fingerprint density at radius 1 is 0.812 bits per heavy atom. The number of para-hydroxylation sites is 1. The zero-order chi connectivity index (χ0) is 21.5. The first-order valence-corrected chi connectivity index (χ1v) is 11.6. The van der Waals surface area contributed by atoms with Gasteiger partial charge in [-0.1, -0.05) is 103 Å². The van der Waals surface area contributed by atoms with Crippen LogP contribution in [0.15, 0.2) is 115 Å². The molecule has 156 valence electrons. The van der Waals surface area contributed by atoms with Gasteiger partial charge in [-0.2, -0.15) is 0 Å². The second kappa shape index (κ2) is 8.00. The number of hydrogen-bond donors (Lipinski definition) is 0. The van der Waals surface area contributed by atoms with Crippen molar-refractivity contribution >= 4 is 17.2 Å². The molecule has 6 rings (SSSR count). The van der Waals surface area contributed by atoms with Crippen molar-refractivity contribution in [3.63, 3.8) is 0 Å². The van der Waals surface area contributed by atoms with Gasteiger partial charge in [-0.05, 0) is 34.8 Å². The van der Waals surface area contributed by atoms with Gasteiger partial charge >= 0.3 is 0 Å². The van der Waals surface area contributed by atoms with Crippen molar-refractivity contribution in [2.24, 2.45) is 0 Å². The number of fused-ring (bicyclic) bond motifs is 3. The predicted molar refractivity (Wildman–Crippen MR) is 133 cm³/mol. The van der Waals surface area contributed by atoms with Crippen LogP contribution in [0.1, 0.15) is 34.9 Å². The molecule has 32 heavy (non-hydrogen) atoms. The Morgan fingerprint density at radius 3 is 2.41 bits per heavy atom. The SMILES string of the molecule is ClC1C=CC=C2Oc3c(C4=CCC(c5ccc(-c6ccccc6)cc5)C=C4)cccc3C21. The van der Waals surface area contributed by atoms with Crippen LogP contribution >= 0.6 is 11.6 Å². The fourth-order valence-electron chi connectivity index (χ4n) is 4.93. The first kappa shape index (κ1) is 19.4. The molecule has 0 spiro atoms. The lowest BCUT2D eigenvalue weighted by Gasteiger charge is -2.18. The summed E-state index contributed by atoms with van der Waals surface area (Å²) >= 11 is 6.58. The Balaban J connectivity index is 1.23. The minimum absolute atomic E-state index is 0.0642. The van der Waals surface area contributed by atoms with E-state index in [9.17, 15) is 0 Å². The molecule has 3 aromatic carbocycles. The molecule has 0 bridgehead atoms. The zero-order valence-electron chi connectivity index (χ0n) is 17.6. The normalized spacial score (nSPS) is 23.1. The quantitative estimate of drug-likeness (QED) is 0.379. The van der Waals surface area contributed by atoms with E-state index in [0.29, 0.717) is 5.92 Å². The summed E-state index contributed by atoms with van der Waals surface area (Å²) in [4.78, 5) is 0. The van der Waals surface area contributed by atoms with Crippen LogP contribution in [-0.2, 0) is 0 Å². The lowest BCUT2D eigenvalue weighted by Crippen LogP contribution is -2.12. The lowest BCUT2D eigenvalue weighted by atomic mass is 9.86. The molecule has 1 aliphatic heterocycles. The molecule has 2 heteroatoms. The van der Waals surface area contributed by atoms with Crippen LogP contribution in [0.5, 0.6) is 5.75 Å². The molecule has 0 saturated heterocycles. The summed E-state index contributed by atoms with van der Waals surface area (Å²) < 4.78 is 6.28. The molecule has 2 aliphatic carbocycles. The van der Waals surface area contributed by atoms with Gasteiger partial charge < -0.3 is 4.74 Å². The predicted octanol–water partition coefficient (Wildman–Crippen LogP) is 8.02. The topological polar surface area (TPSA) is 9.23 Å². The zero-order valence-corrected chi connectivity index (χ0v) is 18.4. The Kier molecular flexibility index (Phi) is 4.85. The van der Waals surface area contributed by atoms with Gasteiger partial charge in [0.25, 0.3) is 0 Å². The molecule has 3 aliphatic rings. The first-order valence-electron chi connectivity index (χ1n) is 11.2. The van der Waals surface area contributed by atoms with E-state index in [0.717, 1.165) is 23.5 Å². The van der Waals surface area contributed by atoms with E-state index in [2.05, 4.69) is 91.0 Å². The van der Waals surface area contributed by atoms with Gasteiger partial charge in [0.1, 0.15) is 11.5 Å². The molecule has 1 nitrogen and oxygen atoms in total. The largest absolute Gasteiger partial charge is 0.460 e. The van der Waals surface area contributed by atoms with Crippen LogP contribution in [-0.4, -0.2) is 5.38 Å². The molecule has 0 aromatic heterocycles. The summed E-state index contributed by atoms with van der Waals surface area (Å²) in [6.07, 6.45) is 13.9. The Bertz CT molecular complexity index is 1280. The molecule has 0 radical (unpaired) electrons. The van der Waals surface area contributed by atoms with Gasteiger partial charge in [0.2, 0.25) is 0 Å². The maximum atomic E-state index is 6.58. The average Bonchev–Trinajstić information content (AvgIpc) is 3.25. The number of rotatable bonds is 3. The molecule has 1 heterocycles. The molecule has 3 atom stereocenters. The molecule has 0 amide bonds. The summed E-state index contributed by atoms with van der Waals surface area (Å²) in [7, 11) is 0. The second-order valence-electron chi connectivity index (χ2n) is 8.55. The third-order valence-electron chi connectivity index (χ3n) is 6.64. The van der Waals surface area contributed by atoms with Crippen molar-refractivity contribution in [1.29, 1.82) is 0 Å². The van der Waals surface area contributed by atoms with Crippen LogP contribution in [0.2, 0.25) is 0 Å². The summed E-state index contributed by atoms with van der Waals surface area (Å²) in [5.74, 6) is 2.41. The van der Waals surface area contributed by atoms with E-state index >= 15 is 0 Å². The van der Waals surface area contributed by atoms with Gasteiger partial charge in [-0.15, -0.1) is 11.6 Å². The van der Waals surface area contributed by atoms with Gasteiger partial charge in [0.15, 0.2) is 0 Å². The fraction of sp³-hybridized carbons (Fsp3) is 0.133. The van der Waals surface area contributed by atoms with Crippen LogP contribution in [0, 0.1) is 0 Å². The first-order chi connectivity index (χ1) is 15.8. The van der Waals surface area contributed by atoms with E-state index in [-0.39, 0.29) is 11.3 Å². The maximum absolute atomic E-state index is 6.58. The van der Waals surface area contributed by atoms with Gasteiger partial charge in [-0.3, -0.25) is 0 Å². The molecule has 0 saturated carbocycles. The highest BCUT2D eigenvalue weighted by atomic mass is 35.5. The van der Waals surface area contributed by atoms with Crippen LogP contribution < -0.4 is 4.74 Å². The van der Waals surface area contributed by atoms with Crippen molar-refractivity contribution in [2.45, 2.75) is 23.6 Å². The number of hydrogen-bond acceptors (Lipinski definition) is 1. The van der Waals surface area contributed by atoms with Crippen LogP contribution in [0.25, 0.3) is 16.7 Å².